The van der Waals surface area contributed by atoms with E-state index in [0.717, 1.165) is 35.6 Å². The van der Waals surface area contributed by atoms with Gasteiger partial charge >= 0.3 is 17.1 Å². The summed E-state index contributed by atoms with van der Waals surface area (Å²) in [6.07, 6.45) is 11.8. The monoisotopic (exact) mass is 504 g/mol. The molecule has 3 rings (SSSR count). The van der Waals surface area contributed by atoms with Gasteiger partial charge < -0.3 is 46.1 Å². The van der Waals surface area contributed by atoms with Crippen molar-refractivity contribution < 1.29 is 32.7 Å². The molecule has 0 spiro atoms. The first-order valence-corrected chi connectivity index (χ1v) is 8.90. The van der Waals surface area contributed by atoms with Crippen molar-refractivity contribution in [2.75, 3.05) is 0 Å². The molecular formula is C16H25CuN8O7+. The van der Waals surface area contributed by atoms with Gasteiger partial charge in [-0.3, -0.25) is 9.98 Å². The van der Waals surface area contributed by atoms with Crippen LogP contribution < -0.4 is 0 Å². The Hall–Kier alpha value is -3.36. The minimum Gasteiger partial charge on any atom is -0.457 e. The third-order valence-electron chi connectivity index (χ3n) is 4.21. The van der Waals surface area contributed by atoms with Crippen LogP contribution in [0.4, 0.5) is 0 Å². The summed E-state index contributed by atoms with van der Waals surface area (Å²) < 4.78 is 0. The molecule has 2 aromatic heterocycles. The first-order valence-electron chi connectivity index (χ1n) is 8.90. The zero-order valence-electron chi connectivity index (χ0n) is 17.3. The molecule has 0 aliphatic heterocycles. The van der Waals surface area contributed by atoms with Crippen LogP contribution in [-0.2, 0) is 22.5 Å². The van der Waals surface area contributed by atoms with Crippen LogP contribution in [0.25, 0.3) is 0 Å². The second-order valence-corrected chi connectivity index (χ2v) is 6.25. The molecule has 0 saturated heterocycles. The Labute approximate surface area is 193 Å². The first-order chi connectivity index (χ1) is 14.2. The number of aromatic nitrogens is 4. The van der Waals surface area contributed by atoms with E-state index < -0.39 is 10.2 Å². The zero-order chi connectivity index (χ0) is 22.5. The summed E-state index contributed by atoms with van der Waals surface area (Å²) in [7, 11) is 0. The van der Waals surface area contributed by atoms with Gasteiger partial charge in [0.2, 0.25) is 0 Å². The molecule has 2 atom stereocenters. The standard InChI is InChI=1S/C16H22N6.Cu.2NO3.H2O/c1-11-15(21-9-19-11)7-17-13-5-3-4-6-14(13)18-8-16-12(2)20-10-22-16;;2*2-1(3)4;/h7-10,13-14H,3-6H2,1-2H3,(H,19,21)(H,20,22);;;;1H2/q;+2;2*-1;/p+1/t13-,14-;;;;/m0..../s1. The van der Waals surface area contributed by atoms with Crippen LogP contribution in [0.2, 0.25) is 0 Å². The quantitative estimate of drug-likeness (QED) is 0.200. The van der Waals surface area contributed by atoms with Crippen LogP contribution in [0.3, 0.4) is 0 Å². The summed E-state index contributed by atoms with van der Waals surface area (Å²) in [5, 5.41) is 29.5. The topological polar surface area (TPSA) is 247 Å². The van der Waals surface area contributed by atoms with Crippen LogP contribution in [0, 0.1) is 44.5 Å². The summed E-state index contributed by atoms with van der Waals surface area (Å²) in [5.74, 6) is 0. The normalized spacial score (nSPS) is 17.2. The van der Waals surface area contributed by atoms with Gasteiger partial charge in [-0.1, -0.05) is 12.8 Å². The second-order valence-electron chi connectivity index (χ2n) is 6.25. The second kappa shape index (κ2) is 16.3. The molecule has 2 aromatic rings. The van der Waals surface area contributed by atoms with E-state index in [1.165, 1.54) is 12.8 Å². The SMILES string of the molecule is Cc1[nH]cnc1C=N[C@H]1CCCC[C@@H]1N=Cc1nc[nH]c1C.O=[N+]([O-])[O-].O=[N+]([O-])[O-].[Cu+2].[OH3+]. The summed E-state index contributed by atoms with van der Waals surface area (Å²) in [4.78, 5) is 40.7. The molecule has 1 saturated carbocycles. The minimum atomic E-state index is -1.75. The summed E-state index contributed by atoms with van der Waals surface area (Å²) in [6, 6.07) is 0.473. The predicted molar refractivity (Wildman–Crippen MR) is 113 cm³/mol. The number of aromatic amines is 2. The van der Waals surface area contributed by atoms with Gasteiger partial charge in [-0.25, -0.2) is 9.97 Å². The Kier molecular flexibility index (Phi) is 15.7. The number of hydrogen-bond acceptors (Lipinski definition) is 10. The number of imidazole rings is 2. The van der Waals surface area contributed by atoms with Crippen molar-refractivity contribution in [3.05, 3.63) is 66.1 Å². The fourth-order valence-electron chi connectivity index (χ4n) is 2.77. The van der Waals surface area contributed by atoms with Crippen molar-refractivity contribution in [2.45, 2.75) is 51.6 Å². The maximum Gasteiger partial charge on any atom is 2.00 e. The molecule has 2 heterocycles. The molecule has 0 amide bonds. The van der Waals surface area contributed by atoms with Gasteiger partial charge in [-0.05, 0) is 26.7 Å². The fourth-order valence-corrected chi connectivity index (χ4v) is 2.77. The molecule has 0 unspecified atom stereocenters. The maximum absolute atomic E-state index is 8.25. The Morgan fingerprint density at radius 2 is 1.19 bits per heavy atom. The third kappa shape index (κ3) is 12.4. The van der Waals surface area contributed by atoms with Crippen molar-refractivity contribution in [1.82, 2.24) is 19.9 Å². The molecule has 0 aromatic carbocycles. The van der Waals surface area contributed by atoms with Gasteiger partial charge in [0, 0.05) is 23.8 Å². The van der Waals surface area contributed by atoms with Crippen molar-refractivity contribution in [2.24, 2.45) is 9.98 Å². The maximum atomic E-state index is 8.25. The van der Waals surface area contributed by atoms with E-state index in [0.29, 0.717) is 0 Å². The third-order valence-corrected chi connectivity index (χ3v) is 4.21. The number of hydrogen-bond donors (Lipinski definition) is 2. The van der Waals surface area contributed by atoms with Gasteiger partial charge in [0.1, 0.15) is 11.4 Å². The van der Waals surface area contributed by atoms with Gasteiger partial charge in [-0.2, -0.15) is 0 Å². The number of H-pyrrole nitrogens is 2. The minimum absolute atomic E-state index is 0. The molecule has 1 aliphatic carbocycles. The summed E-state index contributed by atoms with van der Waals surface area (Å²) in [6.45, 7) is 4.01. The average Bonchev–Trinajstić information content (AvgIpc) is 3.26. The number of rotatable bonds is 4. The Bertz CT molecular complexity index is 792. The molecule has 181 valence electrons. The molecule has 16 heteroatoms. The molecule has 15 nitrogen and oxygen atoms in total. The van der Waals surface area contributed by atoms with E-state index in [9.17, 15) is 0 Å². The van der Waals surface area contributed by atoms with E-state index >= 15 is 0 Å². The van der Waals surface area contributed by atoms with Crippen molar-refractivity contribution in [3.8, 4) is 0 Å². The molecule has 1 radical (unpaired) electrons. The fraction of sp³-hybridized carbons (Fsp3) is 0.500. The molecule has 5 N–H and O–H groups in total. The Balaban J connectivity index is 0. The van der Waals surface area contributed by atoms with Gasteiger partial charge in [0.05, 0.1) is 34.9 Å². The zero-order valence-corrected chi connectivity index (χ0v) is 18.2. The van der Waals surface area contributed by atoms with Crippen LogP contribution in [0.1, 0.15) is 48.5 Å². The predicted octanol–water partition coefficient (Wildman–Crippen LogP) is 1.20. The molecule has 1 aliphatic rings. The Morgan fingerprint density at radius 1 is 0.875 bits per heavy atom. The van der Waals surface area contributed by atoms with Crippen molar-refractivity contribution >= 4 is 12.4 Å². The number of aliphatic imine (C=N–C) groups is 2. The number of nitrogens with zero attached hydrogens (tertiary/aromatic N) is 6. The van der Waals surface area contributed by atoms with Crippen LogP contribution in [-0.4, -0.2) is 54.6 Å². The van der Waals surface area contributed by atoms with E-state index in [4.69, 9.17) is 40.6 Å². The number of nitrogens with one attached hydrogen (secondary N) is 2. The van der Waals surface area contributed by atoms with Crippen LogP contribution >= 0.6 is 0 Å². The first kappa shape index (κ1) is 30.8. The van der Waals surface area contributed by atoms with Crippen LogP contribution in [0.15, 0.2) is 22.6 Å². The smallest absolute Gasteiger partial charge is 0.457 e. The van der Waals surface area contributed by atoms with E-state index in [1.54, 1.807) is 12.7 Å². The summed E-state index contributed by atoms with van der Waals surface area (Å²) in [5.41, 5.74) is 3.92. The van der Waals surface area contributed by atoms with E-state index in [1.807, 2.05) is 26.3 Å². The van der Waals surface area contributed by atoms with Crippen molar-refractivity contribution in [3.63, 3.8) is 0 Å². The van der Waals surface area contributed by atoms with E-state index in [2.05, 4.69) is 19.9 Å². The molecule has 0 bridgehead atoms. The van der Waals surface area contributed by atoms with Gasteiger partial charge in [0.15, 0.2) is 0 Å². The molecule has 1 fully saturated rings. The largest absolute Gasteiger partial charge is 2.00 e. The molecule has 32 heavy (non-hydrogen) atoms. The Morgan fingerprint density at radius 3 is 1.44 bits per heavy atom. The van der Waals surface area contributed by atoms with Gasteiger partial charge in [-0.15, -0.1) is 0 Å². The van der Waals surface area contributed by atoms with Crippen molar-refractivity contribution in [1.29, 1.82) is 0 Å². The van der Waals surface area contributed by atoms with Crippen LogP contribution in [0.5, 0.6) is 0 Å². The number of aryl methyl sites for hydroxylation is 2. The average molecular weight is 505 g/mol. The van der Waals surface area contributed by atoms with Gasteiger partial charge in [0.25, 0.3) is 0 Å². The summed E-state index contributed by atoms with van der Waals surface area (Å²) >= 11 is 0. The van der Waals surface area contributed by atoms with E-state index in [-0.39, 0.29) is 34.6 Å². The molecular weight excluding hydrogens is 480 g/mol.